The lowest BCUT2D eigenvalue weighted by molar-refractivity contribution is -0.157. The Bertz CT molecular complexity index is 1460. The lowest BCUT2D eigenvalue weighted by Gasteiger charge is -2.42. The van der Waals surface area contributed by atoms with Crippen molar-refractivity contribution in [3.8, 4) is 0 Å². The maximum atomic E-state index is 14.0. The number of benzene rings is 2. The molecule has 9 heteroatoms. The van der Waals surface area contributed by atoms with Crippen molar-refractivity contribution in [2.75, 3.05) is 0 Å². The van der Waals surface area contributed by atoms with E-state index < -0.39 is 29.4 Å². The van der Waals surface area contributed by atoms with Crippen molar-refractivity contribution in [3.63, 3.8) is 0 Å². The van der Waals surface area contributed by atoms with Crippen LogP contribution in [0.25, 0.3) is 0 Å². The fraction of sp³-hybridized carbons (Fsp3) is 0.406. The minimum atomic E-state index is -1.08. The van der Waals surface area contributed by atoms with Crippen LogP contribution in [0.1, 0.15) is 85.1 Å². The van der Waals surface area contributed by atoms with E-state index in [1.165, 1.54) is 6.20 Å². The maximum Gasteiger partial charge on any atom is 0.311 e. The Balaban J connectivity index is 1.57. The van der Waals surface area contributed by atoms with E-state index in [0.29, 0.717) is 43.2 Å². The van der Waals surface area contributed by atoms with E-state index in [1.54, 1.807) is 30.0 Å². The first-order valence-electron chi connectivity index (χ1n) is 14.2. The average molecular weight is 559 g/mol. The van der Waals surface area contributed by atoms with Crippen molar-refractivity contribution in [1.82, 2.24) is 20.4 Å². The highest BCUT2D eigenvalue weighted by Crippen LogP contribution is 2.47. The zero-order valence-electron chi connectivity index (χ0n) is 24.0. The van der Waals surface area contributed by atoms with Crippen LogP contribution in [0.4, 0.5) is 0 Å². The monoisotopic (exact) mass is 558 g/mol. The maximum absolute atomic E-state index is 14.0. The van der Waals surface area contributed by atoms with Gasteiger partial charge in [0.2, 0.25) is 5.91 Å². The van der Waals surface area contributed by atoms with Crippen LogP contribution < -0.4 is 10.9 Å². The van der Waals surface area contributed by atoms with Crippen LogP contribution in [-0.2, 0) is 16.0 Å². The molecule has 4 rings (SSSR count). The van der Waals surface area contributed by atoms with Gasteiger partial charge in [0.05, 0.1) is 11.5 Å². The average Bonchev–Trinajstić information content (AvgIpc) is 3.41. The second-order valence-electron chi connectivity index (χ2n) is 10.9. The molecular formula is C32H38N4O5. The number of aromatic nitrogens is 2. The number of carbonyl (C=O) groups excluding carboxylic acids is 2. The summed E-state index contributed by atoms with van der Waals surface area (Å²) in [7, 11) is 0. The summed E-state index contributed by atoms with van der Waals surface area (Å²) in [6, 6.07) is 14.9. The van der Waals surface area contributed by atoms with Crippen molar-refractivity contribution >= 4 is 17.8 Å². The molecule has 0 unspecified atom stereocenters. The second-order valence-corrected chi connectivity index (χ2v) is 10.9. The first-order chi connectivity index (χ1) is 19.6. The number of nitrogens with zero attached hydrogens (tertiary/aromatic N) is 2. The molecule has 1 aliphatic rings. The van der Waals surface area contributed by atoms with Crippen LogP contribution in [0.15, 0.2) is 65.6 Å². The minimum absolute atomic E-state index is 0.256. The number of nitrogens with one attached hydrogen (secondary N) is 2. The summed E-state index contributed by atoms with van der Waals surface area (Å²) in [5.41, 5.74) is 2.33. The van der Waals surface area contributed by atoms with E-state index in [-0.39, 0.29) is 17.5 Å². The number of carboxylic acid groups (broad SMARTS) is 1. The van der Waals surface area contributed by atoms with E-state index in [4.69, 9.17) is 0 Å². The molecule has 2 heterocycles. The Labute approximate surface area is 240 Å². The van der Waals surface area contributed by atoms with Gasteiger partial charge in [-0.2, -0.15) is 5.10 Å². The number of likely N-dealkylation sites (tertiary alicyclic amines) is 1. The fourth-order valence-corrected chi connectivity index (χ4v) is 6.15. The molecular weight excluding hydrogens is 520 g/mol. The van der Waals surface area contributed by atoms with E-state index >= 15 is 0 Å². The summed E-state index contributed by atoms with van der Waals surface area (Å²) in [4.78, 5) is 53.6. The number of aliphatic carboxylic acids is 1. The summed E-state index contributed by atoms with van der Waals surface area (Å²) in [5, 5.41) is 19.3. The molecule has 41 heavy (non-hydrogen) atoms. The van der Waals surface area contributed by atoms with Crippen molar-refractivity contribution < 1.29 is 19.5 Å². The number of amides is 2. The molecule has 0 spiro atoms. The summed E-state index contributed by atoms with van der Waals surface area (Å²) in [6.45, 7) is 7.24. The molecule has 1 fully saturated rings. The lowest BCUT2D eigenvalue weighted by atomic mass is 9.74. The zero-order valence-corrected chi connectivity index (χ0v) is 24.0. The molecule has 3 N–H and O–H groups in total. The van der Waals surface area contributed by atoms with E-state index in [9.17, 15) is 24.3 Å². The van der Waals surface area contributed by atoms with Crippen LogP contribution in [0, 0.1) is 12.3 Å². The van der Waals surface area contributed by atoms with Crippen molar-refractivity contribution in [2.45, 2.75) is 77.9 Å². The number of carbonyl (C=O) groups is 3. The van der Waals surface area contributed by atoms with Gasteiger partial charge >= 0.3 is 5.97 Å². The second kappa shape index (κ2) is 12.5. The quantitative estimate of drug-likeness (QED) is 0.338. The van der Waals surface area contributed by atoms with Gasteiger partial charge in [0.25, 0.3) is 11.5 Å². The number of aryl methyl sites for hydroxylation is 1. The molecule has 3 aromatic rings. The number of hydrogen-bond acceptors (Lipinski definition) is 5. The zero-order chi connectivity index (χ0) is 29.7. The smallest absolute Gasteiger partial charge is 0.311 e. The van der Waals surface area contributed by atoms with Crippen molar-refractivity contribution in [2.24, 2.45) is 5.41 Å². The van der Waals surface area contributed by atoms with Crippen LogP contribution in [0.2, 0.25) is 0 Å². The predicted molar refractivity (Wildman–Crippen MR) is 155 cm³/mol. The Morgan fingerprint density at radius 3 is 2.39 bits per heavy atom. The van der Waals surface area contributed by atoms with Crippen LogP contribution >= 0.6 is 0 Å². The van der Waals surface area contributed by atoms with Crippen molar-refractivity contribution in [3.05, 3.63) is 99.0 Å². The van der Waals surface area contributed by atoms with Gasteiger partial charge < -0.3 is 15.3 Å². The number of rotatable bonds is 10. The number of aromatic amines is 1. The molecule has 0 bridgehead atoms. The number of carboxylic acids is 1. The van der Waals surface area contributed by atoms with Crippen molar-refractivity contribution in [1.29, 1.82) is 0 Å². The Morgan fingerprint density at radius 2 is 1.78 bits per heavy atom. The van der Waals surface area contributed by atoms with Crippen LogP contribution in [0.5, 0.6) is 0 Å². The van der Waals surface area contributed by atoms with Gasteiger partial charge in [-0.15, -0.1) is 0 Å². The summed E-state index contributed by atoms with van der Waals surface area (Å²) in [6.07, 6.45) is 3.94. The fourth-order valence-electron chi connectivity index (χ4n) is 6.15. The van der Waals surface area contributed by atoms with E-state index in [1.807, 2.05) is 57.2 Å². The van der Waals surface area contributed by atoms with Gasteiger partial charge in [-0.25, -0.2) is 5.10 Å². The summed E-state index contributed by atoms with van der Waals surface area (Å²) in [5.74, 6) is -1.60. The summed E-state index contributed by atoms with van der Waals surface area (Å²) >= 11 is 0. The van der Waals surface area contributed by atoms with E-state index in [0.717, 1.165) is 16.7 Å². The summed E-state index contributed by atoms with van der Waals surface area (Å²) < 4.78 is 0. The Hall–Kier alpha value is -4.27. The van der Waals surface area contributed by atoms with Gasteiger partial charge in [0.1, 0.15) is 6.04 Å². The topological polar surface area (TPSA) is 132 Å². The number of hydrogen-bond donors (Lipinski definition) is 3. The highest BCUT2D eigenvalue weighted by atomic mass is 16.4. The molecule has 1 aromatic heterocycles. The standard InChI is InChI=1S/C32H38N4O5/c1-5-32(6-2,31(40)41)27-15-14-26(22-10-8-7-9-11-22)36(27)30(39)21(4)34-28(37)24-13-12-23(20(3)18-24)19-25-16-17-33-35-29(25)38/h7-13,16-18,21,26-27H,5-6,14-15,19H2,1-4H3,(H,34,37)(H,35,38)(H,40,41)/t21-,26+,27-/m1/s1. The molecule has 216 valence electrons. The van der Waals surface area contributed by atoms with Gasteiger partial charge in [0, 0.05) is 29.8 Å². The van der Waals surface area contributed by atoms with Crippen LogP contribution in [0.3, 0.4) is 0 Å². The third-order valence-corrected chi connectivity index (χ3v) is 8.66. The molecule has 3 atom stereocenters. The lowest BCUT2D eigenvalue weighted by Crippen LogP contribution is -2.55. The largest absolute Gasteiger partial charge is 0.481 e. The third-order valence-electron chi connectivity index (χ3n) is 8.66. The van der Waals surface area contributed by atoms with Gasteiger partial charge in [-0.3, -0.25) is 19.2 Å². The third kappa shape index (κ3) is 5.94. The van der Waals surface area contributed by atoms with Gasteiger partial charge in [-0.05, 0) is 74.4 Å². The number of H-pyrrole nitrogens is 1. The Morgan fingerprint density at radius 1 is 1.07 bits per heavy atom. The first kappa shape index (κ1) is 29.7. The molecule has 0 aliphatic carbocycles. The predicted octanol–water partition coefficient (Wildman–Crippen LogP) is 4.41. The molecule has 2 amide bonds. The molecule has 9 nitrogen and oxygen atoms in total. The molecule has 1 saturated heterocycles. The molecule has 0 saturated carbocycles. The highest BCUT2D eigenvalue weighted by molar-refractivity contribution is 5.98. The molecule has 2 aromatic carbocycles. The first-order valence-corrected chi connectivity index (χ1v) is 14.2. The van der Waals surface area contributed by atoms with Gasteiger partial charge in [-0.1, -0.05) is 50.2 Å². The highest BCUT2D eigenvalue weighted by Gasteiger charge is 2.52. The SMILES string of the molecule is CCC(CC)(C(=O)O)[C@H]1CC[C@@H](c2ccccc2)N1C(=O)[C@@H](C)NC(=O)c1ccc(Cc2ccn[nH]c2=O)c(C)c1. The normalized spacial score (nSPS) is 17.7. The molecule has 0 radical (unpaired) electrons. The molecule has 1 aliphatic heterocycles. The van der Waals surface area contributed by atoms with Crippen LogP contribution in [-0.4, -0.2) is 50.1 Å². The Kier molecular flexibility index (Phi) is 9.05. The van der Waals surface area contributed by atoms with E-state index in [2.05, 4.69) is 15.5 Å². The minimum Gasteiger partial charge on any atom is -0.481 e. The van der Waals surface area contributed by atoms with Gasteiger partial charge in [0.15, 0.2) is 0 Å².